The Labute approximate surface area is 172 Å². The van der Waals surface area contributed by atoms with Crippen LogP contribution in [-0.2, 0) is 11.3 Å². The highest BCUT2D eigenvalue weighted by Gasteiger charge is 2.26. The van der Waals surface area contributed by atoms with Crippen molar-refractivity contribution >= 4 is 23.2 Å². The number of piperazine rings is 1. The molecule has 0 aliphatic carbocycles. The van der Waals surface area contributed by atoms with Crippen LogP contribution in [0.3, 0.4) is 0 Å². The maximum atomic E-state index is 12.6. The summed E-state index contributed by atoms with van der Waals surface area (Å²) in [5.74, 6) is 0.874. The standard InChI is InChI=1S/C22H28ClN3O2/c1-16-4-7-19(23)14-21(16)26-12-10-25(11-13-26)17(2)22(27)24-15-18-5-8-20(28-3)9-6-18/h4-9,14,17H,10-13,15H2,1-3H3,(H,24,27)/t17-/m1/s1. The molecule has 1 aliphatic rings. The molecule has 1 heterocycles. The molecule has 1 aliphatic heterocycles. The topological polar surface area (TPSA) is 44.8 Å². The van der Waals surface area contributed by atoms with Crippen LogP contribution in [0.5, 0.6) is 5.75 Å². The molecule has 0 bridgehead atoms. The van der Waals surface area contributed by atoms with E-state index < -0.39 is 0 Å². The van der Waals surface area contributed by atoms with Gasteiger partial charge in [0.2, 0.25) is 5.91 Å². The summed E-state index contributed by atoms with van der Waals surface area (Å²) in [7, 11) is 1.64. The zero-order chi connectivity index (χ0) is 20.1. The highest BCUT2D eigenvalue weighted by atomic mass is 35.5. The number of nitrogens with zero attached hydrogens (tertiary/aromatic N) is 2. The Morgan fingerprint density at radius 3 is 2.46 bits per heavy atom. The van der Waals surface area contributed by atoms with Gasteiger partial charge in [0, 0.05) is 43.4 Å². The lowest BCUT2D eigenvalue weighted by Crippen LogP contribution is -2.54. The van der Waals surface area contributed by atoms with Crippen molar-refractivity contribution in [2.75, 3.05) is 38.2 Å². The van der Waals surface area contributed by atoms with E-state index in [4.69, 9.17) is 16.3 Å². The zero-order valence-corrected chi connectivity index (χ0v) is 17.5. The number of aryl methyl sites for hydroxylation is 1. The summed E-state index contributed by atoms with van der Waals surface area (Å²) < 4.78 is 5.16. The van der Waals surface area contributed by atoms with Gasteiger partial charge in [-0.05, 0) is 49.2 Å². The molecule has 0 unspecified atom stereocenters. The van der Waals surface area contributed by atoms with Crippen LogP contribution in [0.1, 0.15) is 18.1 Å². The van der Waals surface area contributed by atoms with Gasteiger partial charge in [0.15, 0.2) is 0 Å². The summed E-state index contributed by atoms with van der Waals surface area (Å²) in [6.07, 6.45) is 0. The van der Waals surface area contributed by atoms with Gasteiger partial charge in [-0.15, -0.1) is 0 Å². The van der Waals surface area contributed by atoms with Gasteiger partial charge in [-0.25, -0.2) is 0 Å². The van der Waals surface area contributed by atoms with Crippen LogP contribution in [0, 0.1) is 6.92 Å². The van der Waals surface area contributed by atoms with Crippen molar-refractivity contribution in [2.24, 2.45) is 0 Å². The normalized spacial score (nSPS) is 15.9. The molecule has 0 aromatic heterocycles. The molecule has 0 saturated carbocycles. The van der Waals surface area contributed by atoms with E-state index in [0.29, 0.717) is 6.54 Å². The number of anilines is 1. The lowest BCUT2D eigenvalue weighted by molar-refractivity contribution is -0.126. The molecule has 3 rings (SSSR count). The molecule has 0 spiro atoms. The average molecular weight is 402 g/mol. The summed E-state index contributed by atoms with van der Waals surface area (Å²) in [5.41, 5.74) is 3.47. The first-order valence-corrected chi connectivity index (χ1v) is 10.0. The van der Waals surface area contributed by atoms with Gasteiger partial charge in [-0.2, -0.15) is 0 Å². The number of rotatable bonds is 6. The molecule has 2 aromatic rings. The number of amides is 1. The Kier molecular flexibility index (Phi) is 6.81. The first-order valence-electron chi connectivity index (χ1n) is 9.63. The first kappa shape index (κ1) is 20.5. The summed E-state index contributed by atoms with van der Waals surface area (Å²) in [5, 5.41) is 3.80. The minimum atomic E-state index is -0.152. The van der Waals surface area contributed by atoms with Crippen molar-refractivity contribution in [1.82, 2.24) is 10.2 Å². The largest absolute Gasteiger partial charge is 0.497 e. The Balaban J connectivity index is 1.50. The smallest absolute Gasteiger partial charge is 0.237 e. The number of ether oxygens (including phenoxy) is 1. The highest BCUT2D eigenvalue weighted by Crippen LogP contribution is 2.25. The van der Waals surface area contributed by atoms with Crippen LogP contribution in [-0.4, -0.2) is 50.1 Å². The molecule has 1 amide bonds. The SMILES string of the molecule is COc1ccc(CNC(=O)[C@@H](C)N2CCN(c3cc(Cl)ccc3C)CC2)cc1. The lowest BCUT2D eigenvalue weighted by Gasteiger charge is -2.39. The van der Waals surface area contributed by atoms with E-state index in [1.165, 1.54) is 11.3 Å². The third-order valence-electron chi connectivity index (χ3n) is 5.38. The van der Waals surface area contributed by atoms with Crippen molar-refractivity contribution in [3.05, 3.63) is 58.6 Å². The van der Waals surface area contributed by atoms with Crippen molar-refractivity contribution < 1.29 is 9.53 Å². The van der Waals surface area contributed by atoms with Gasteiger partial charge < -0.3 is 15.0 Å². The van der Waals surface area contributed by atoms with Crippen molar-refractivity contribution in [3.63, 3.8) is 0 Å². The molecule has 150 valence electrons. The third kappa shape index (κ3) is 4.97. The molecule has 2 aromatic carbocycles. The Hall–Kier alpha value is -2.24. The lowest BCUT2D eigenvalue weighted by atomic mass is 10.1. The molecule has 0 radical (unpaired) electrons. The Bertz CT molecular complexity index is 802. The minimum Gasteiger partial charge on any atom is -0.497 e. The molecule has 28 heavy (non-hydrogen) atoms. The fraction of sp³-hybridized carbons (Fsp3) is 0.409. The number of hydrogen-bond acceptors (Lipinski definition) is 4. The van der Waals surface area contributed by atoms with Crippen LogP contribution < -0.4 is 15.0 Å². The van der Waals surface area contributed by atoms with E-state index in [-0.39, 0.29) is 11.9 Å². The third-order valence-corrected chi connectivity index (χ3v) is 5.61. The number of carbonyl (C=O) groups excluding carboxylic acids is 1. The molecule has 1 N–H and O–H groups in total. The van der Waals surface area contributed by atoms with E-state index in [1.807, 2.05) is 43.3 Å². The number of carbonyl (C=O) groups is 1. The van der Waals surface area contributed by atoms with Gasteiger partial charge in [-0.3, -0.25) is 9.69 Å². The second-order valence-corrected chi connectivity index (χ2v) is 7.63. The van der Waals surface area contributed by atoms with Gasteiger partial charge in [0.25, 0.3) is 0 Å². The predicted molar refractivity (Wildman–Crippen MR) is 114 cm³/mol. The maximum Gasteiger partial charge on any atom is 0.237 e. The average Bonchev–Trinajstić information content (AvgIpc) is 2.73. The van der Waals surface area contributed by atoms with Gasteiger partial charge in [-0.1, -0.05) is 29.8 Å². The number of hydrogen-bond donors (Lipinski definition) is 1. The molecular weight excluding hydrogens is 374 g/mol. The number of halogens is 1. The molecule has 6 heteroatoms. The highest BCUT2D eigenvalue weighted by molar-refractivity contribution is 6.30. The van der Waals surface area contributed by atoms with E-state index in [0.717, 1.165) is 42.5 Å². The van der Waals surface area contributed by atoms with Gasteiger partial charge >= 0.3 is 0 Å². The van der Waals surface area contributed by atoms with Crippen LogP contribution in [0.2, 0.25) is 5.02 Å². The molecular formula is C22H28ClN3O2. The summed E-state index contributed by atoms with van der Waals surface area (Å²) in [6, 6.07) is 13.6. The quantitative estimate of drug-likeness (QED) is 0.804. The Morgan fingerprint density at radius 1 is 1.14 bits per heavy atom. The van der Waals surface area contributed by atoms with E-state index in [9.17, 15) is 4.79 Å². The Morgan fingerprint density at radius 2 is 1.82 bits per heavy atom. The second kappa shape index (κ2) is 9.30. The molecule has 5 nitrogen and oxygen atoms in total. The fourth-order valence-corrected chi connectivity index (χ4v) is 3.69. The second-order valence-electron chi connectivity index (χ2n) is 7.20. The number of nitrogens with one attached hydrogen (secondary N) is 1. The summed E-state index contributed by atoms with van der Waals surface area (Å²) >= 11 is 6.16. The summed E-state index contributed by atoms with van der Waals surface area (Å²) in [6.45, 7) is 8.08. The van der Waals surface area contributed by atoms with E-state index in [1.54, 1.807) is 7.11 Å². The van der Waals surface area contributed by atoms with Crippen LogP contribution >= 0.6 is 11.6 Å². The first-order chi connectivity index (χ1) is 13.5. The van der Waals surface area contributed by atoms with Crippen LogP contribution in [0.25, 0.3) is 0 Å². The van der Waals surface area contributed by atoms with Crippen molar-refractivity contribution in [1.29, 1.82) is 0 Å². The predicted octanol–water partition coefficient (Wildman–Crippen LogP) is 3.48. The molecule has 1 saturated heterocycles. The number of methoxy groups -OCH3 is 1. The maximum absolute atomic E-state index is 12.6. The van der Waals surface area contributed by atoms with E-state index >= 15 is 0 Å². The van der Waals surface area contributed by atoms with Crippen LogP contribution in [0.15, 0.2) is 42.5 Å². The van der Waals surface area contributed by atoms with Gasteiger partial charge in [0.05, 0.1) is 13.2 Å². The number of benzene rings is 2. The van der Waals surface area contributed by atoms with Crippen molar-refractivity contribution in [3.8, 4) is 5.75 Å². The molecule has 1 atom stereocenters. The van der Waals surface area contributed by atoms with Gasteiger partial charge in [0.1, 0.15) is 5.75 Å². The fourth-order valence-electron chi connectivity index (χ4n) is 3.52. The minimum absolute atomic E-state index is 0.0585. The van der Waals surface area contributed by atoms with Crippen molar-refractivity contribution in [2.45, 2.75) is 26.4 Å². The van der Waals surface area contributed by atoms with E-state index in [2.05, 4.69) is 28.1 Å². The zero-order valence-electron chi connectivity index (χ0n) is 16.7. The monoisotopic (exact) mass is 401 g/mol. The molecule has 1 fully saturated rings. The van der Waals surface area contributed by atoms with Crippen LogP contribution in [0.4, 0.5) is 5.69 Å². The summed E-state index contributed by atoms with van der Waals surface area (Å²) in [4.78, 5) is 17.2.